The second-order valence-corrected chi connectivity index (χ2v) is 7.24. The number of alkyl carbamates (subject to hydrolysis) is 1. The number of nitrogens with one attached hydrogen (secondary N) is 1. The number of thioether (sulfide) groups is 1. The minimum atomic E-state index is -0.689. The van der Waals surface area contributed by atoms with Crippen LogP contribution in [-0.4, -0.2) is 43.3 Å². The predicted molar refractivity (Wildman–Crippen MR) is 108 cm³/mol. The molecule has 0 aromatic carbocycles. The van der Waals surface area contributed by atoms with E-state index in [9.17, 15) is 9.59 Å². The molecule has 0 spiro atoms. The van der Waals surface area contributed by atoms with Crippen LogP contribution < -0.4 is 5.32 Å². The molecule has 1 amide bonds. The van der Waals surface area contributed by atoms with Gasteiger partial charge in [-0.1, -0.05) is 64.2 Å². The van der Waals surface area contributed by atoms with Crippen LogP contribution in [0.1, 0.15) is 71.1 Å². The summed E-state index contributed by atoms with van der Waals surface area (Å²) < 4.78 is 10.1. The lowest BCUT2D eigenvalue weighted by Gasteiger charge is -2.16. The van der Waals surface area contributed by atoms with Gasteiger partial charge in [0.1, 0.15) is 6.04 Å². The molecule has 6 heteroatoms. The summed E-state index contributed by atoms with van der Waals surface area (Å²) in [7, 11) is 0. The molecule has 0 bridgehead atoms. The monoisotopic (exact) mass is 385 g/mol. The number of hydrogen-bond acceptors (Lipinski definition) is 5. The Morgan fingerprint density at radius 2 is 1.65 bits per heavy atom. The molecule has 0 heterocycles. The third-order valence-electron chi connectivity index (χ3n) is 3.97. The molecule has 150 valence electrons. The molecule has 0 radical (unpaired) electrons. The van der Waals surface area contributed by atoms with Gasteiger partial charge in [-0.2, -0.15) is 11.8 Å². The molecule has 0 saturated carbocycles. The standard InChI is InChI=1S/C20H35NO4S/c1-4-6-7-8-9-10-11-12-13-16-24-19(22)18(14-17-26-3)21-20(23)25-15-5-2/h2,18H,4,6-17H2,1,3H3,(H,21,23). The van der Waals surface area contributed by atoms with Gasteiger partial charge < -0.3 is 14.8 Å². The predicted octanol–water partition coefficient (Wildman–Crippen LogP) is 4.54. The van der Waals surface area contributed by atoms with Crippen molar-refractivity contribution in [2.75, 3.05) is 25.2 Å². The smallest absolute Gasteiger partial charge is 0.408 e. The second kappa shape index (κ2) is 18.4. The van der Waals surface area contributed by atoms with Crippen LogP contribution in [0.4, 0.5) is 4.79 Å². The minimum Gasteiger partial charge on any atom is -0.464 e. The zero-order chi connectivity index (χ0) is 19.5. The molecular weight excluding hydrogens is 350 g/mol. The van der Waals surface area contributed by atoms with Crippen LogP contribution in [0.3, 0.4) is 0 Å². The van der Waals surface area contributed by atoms with Crippen LogP contribution in [0.2, 0.25) is 0 Å². The fourth-order valence-electron chi connectivity index (χ4n) is 2.46. The van der Waals surface area contributed by atoms with Crippen LogP contribution in [0.25, 0.3) is 0 Å². The summed E-state index contributed by atoms with van der Waals surface area (Å²) in [6.07, 6.45) is 17.7. The maximum atomic E-state index is 12.2. The number of amides is 1. The highest BCUT2D eigenvalue weighted by Crippen LogP contribution is 2.10. The van der Waals surface area contributed by atoms with Gasteiger partial charge in [0, 0.05) is 0 Å². The number of hydrogen-bond donors (Lipinski definition) is 1. The highest BCUT2D eigenvalue weighted by Gasteiger charge is 2.22. The first-order chi connectivity index (χ1) is 12.7. The van der Waals surface area contributed by atoms with Crippen molar-refractivity contribution in [2.45, 2.75) is 77.2 Å². The summed E-state index contributed by atoms with van der Waals surface area (Å²) in [4.78, 5) is 23.7. The Morgan fingerprint density at radius 1 is 1.04 bits per heavy atom. The molecule has 0 saturated heterocycles. The maximum Gasteiger partial charge on any atom is 0.408 e. The molecule has 0 aromatic heterocycles. The van der Waals surface area contributed by atoms with E-state index in [-0.39, 0.29) is 6.61 Å². The number of carbonyl (C=O) groups excluding carboxylic acids is 2. The average molecular weight is 386 g/mol. The Kier molecular flexibility index (Phi) is 17.5. The van der Waals surface area contributed by atoms with E-state index in [4.69, 9.17) is 15.9 Å². The van der Waals surface area contributed by atoms with Gasteiger partial charge in [0.25, 0.3) is 0 Å². The van der Waals surface area contributed by atoms with E-state index in [1.54, 1.807) is 11.8 Å². The lowest BCUT2D eigenvalue weighted by atomic mass is 10.1. The SMILES string of the molecule is C#CCOC(=O)NC(CCSC)C(=O)OCCCCCCCCCCC. The number of unbranched alkanes of at least 4 members (excludes halogenated alkanes) is 8. The normalized spacial score (nSPS) is 11.4. The van der Waals surface area contributed by atoms with Crippen LogP contribution in [-0.2, 0) is 14.3 Å². The van der Waals surface area contributed by atoms with E-state index in [0.717, 1.165) is 18.6 Å². The van der Waals surface area contributed by atoms with Gasteiger partial charge in [-0.25, -0.2) is 9.59 Å². The quantitative estimate of drug-likeness (QED) is 0.240. The number of esters is 1. The Balaban J connectivity index is 3.88. The summed E-state index contributed by atoms with van der Waals surface area (Å²) >= 11 is 1.60. The van der Waals surface area contributed by atoms with E-state index in [1.807, 2.05) is 6.26 Å². The van der Waals surface area contributed by atoms with E-state index >= 15 is 0 Å². The molecule has 0 aliphatic carbocycles. The van der Waals surface area contributed by atoms with Gasteiger partial charge in [0.2, 0.25) is 0 Å². The number of ether oxygens (including phenoxy) is 2. The van der Waals surface area contributed by atoms with Crippen molar-refractivity contribution >= 4 is 23.8 Å². The first-order valence-corrected chi connectivity index (χ1v) is 11.1. The van der Waals surface area contributed by atoms with Gasteiger partial charge >= 0.3 is 12.1 Å². The van der Waals surface area contributed by atoms with Crippen molar-refractivity contribution in [2.24, 2.45) is 0 Å². The van der Waals surface area contributed by atoms with E-state index in [2.05, 4.69) is 18.2 Å². The lowest BCUT2D eigenvalue weighted by Crippen LogP contribution is -2.42. The summed E-state index contributed by atoms with van der Waals surface area (Å²) in [6.45, 7) is 2.50. The topological polar surface area (TPSA) is 64.6 Å². The zero-order valence-electron chi connectivity index (χ0n) is 16.4. The second-order valence-electron chi connectivity index (χ2n) is 6.25. The maximum absolute atomic E-state index is 12.2. The van der Waals surface area contributed by atoms with Gasteiger partial charge in [-0.15, -0.1) is 6.42 Å². The summed E-state index contributed by atoms with van der Waals surface area (Å²) in [5.74, 6) is 2.55. The molecular formula is C20H35NO4S. The van der Waals surface area contributed by atoms with Gasteiger partial charge in [0.15, 0.2) is 6.61 Å². The summed E-state index contributed by atoms with van der Waals surface area (Å²) in [5, 5.41) is 2.53. The molecule has 1 atom stereocenters. The number of terminal acetylenes is 1. The molecule has 0 fully saturated rings. The molecule has 0 aliphatic rings. The summed E-state index contributed by atoms with van der Waals surface area (Å²) in [5.41, 5.74) is 0. The van der Waals surface area contributed by atoms with Crippen molar-refractivity contribution in [3.8, 4) is 12.3 Å². The Morgan fingerprint density at radius 3 is 2.23 bits per heavy atom. The molecule has 1 unspecified atom stereocenters. The first-order valence-electron chi connectivity index (χ1n) is 9.68. The van der Waals surface area contributed by atoms with E-state index in [1.165, 1.54) is 44.9 Å². The third kappa shape index (κ3) is 14.9. The molecule has 0 aromatic rings. The van der Waals surface area contributed by atoms with Crippen LogP contribution >= 0.6 is 11.8 Å². The minimum absolute atomic E-state index is 0.116. The fourth-order valence-corrected chi connectivity index (χ4v) is 2.93. The zero-order valence-corrected chi connectivity index (χ0v) is 17.2. The molecule has 1 N–H and O–H groups in total. The highest BCUT2D eigenvalue weighted by atomic mass is 32.2. The van der Waals surface area contributed by atoms with Crippen molar-refractivity contribution < 1.29 is 19.1 Å². The van der Waals surface area contributed by atoms with Gasteiger partial charge in [-0.05, 0) is 24.9 Å². The highest BCUT2D eigenvalue weighted by molar-refractivity contribution is 7.98. The van der Waals surface area contributed by atoms with E-state index in [0.29, 0.717) is 13.0 Å². The molecule has 26 heavy (non-hydrogen) atoms. The lowest BCUT2D eigenvalue weighted by molar-refractivity contribution is -0.146. The Hall–Kier alpha value is -1.35. The third-order valence-corrected chi connectivity index (χ3v) is 4.61. The van der Waals surface area contributed by atoms with Crippen LogP contribution in [0, 0.1) is 12.3 Å². The Labute approximate surface area is 163 Å². The average Bonchev–Trinajstić information content (AvgIpc) is 2.64. The van der Waals surface area contributed by atoms with Crippen LogP contribution in [0.5, 0.6) is 0 Å². The number of rotatable bonds is 16. The first kappa shape index (κ1) is 24.7. The fraction of sp³-hybridized carbons (Fsp3) is 0.800. The largest absolute Gasteiger partial charge is 0.464 e. The van der Waals surface area contributed by atoms with Crippen molar-refractivity contribution in [3.05, 3.63) is 0 Å². The molecule has 5 nitrogen and oxygen atoms in total. The Bertz CT molecular complexity index is 409. The summed E-state index contributed by atoms with van der Waals surface area (Å²) in [6, 6.07) is -0.689. The van der Waals surface area contributed by atoms with Gasteiger partial charge in [0.05, 0.1) is 6.61 Å². The molecule has 0 aliphatic heterocycles. The number of carbonyl (C=O) groups is 2. The van der Waals surface area contributed by atoms with Gasteiger partial charge in [-0.3, -0.25) is 0 Å². The van der Waals surface area contributed by atoms with Crippen LogP contribution in [0.15, 0.2) is 0 Å². The van der Waals surface area contributed by atoms with Crippen molar-refractivity contribution in [1.82, 2.24) is 5.32 Å². The molecule has 0 rings (SSSR count). The van der Waals surface area contributed by atoms with E-state index < -0.39 is 18.1 Å². The van der Waals surface area contributed by atoms with Crippen molar-refractivity contribution in [3.63, 3.8) is 0 Å². The van der Waals surface area contributed by atoms with Crippen molar-refractivity contribution in [1.29, 1.82) is 0 Å².